The molecule has 0 bridgehead atoms. The Morgan fingerprint density at radius 2 is 1.62 bits per heavy atom. The highest BCUT2D eigenvalue weighted by Crippen LogP contribution is 2.09. The summed E-state index contributed by atoms with van der Waals surface area (Å²) in [5.74, 6) is -0.512. The Morgan fingerprint density at radius 1 is 1.00 bits per heavy atom. The molecule has 0 aliphatic carbocycles. The Morgan fingerprint density at radius 3 is 2.21 bits per heavy atom. The van der Waals surface area contributed by atoms with Crippen molar-refractivity contribution in [3.63, 3.8) is 0 Å². The molecular weight excluding hydrogens is 308 g/mol. The second-order valence-corrected chi connectivity index (χ2v) is 6.14. The number of carbonyl (C=O) groups excluding carboxylic acids is 2. The number of carbonyl (C=O) groups is 2. The predicted octanol–water partition coefficient (Wildman–Crippen LogP) is 1.36. The van der Waals surface area contributed by atoms with Crippen LogP contribution in [0.4, 0.5) is 0 Å². The van der Waals surface area contributed by atoms with Gasteiger partial charge < -0.3 is 21.5 Å². The van der Waals surface area contributed by atoms with Crippen molar-refractivity contribution >= 4 is 11.9 Å². The molecule has 1 atom stereocenters. The predicted molar refractivity (Wildman–Crippen MR) is 96.0 cm³/mol. The first kappa shape index (κ1) is 22.8. The van der Waals surface area contributed by atoms with Crippen LogP contribution in [0.5, 0.6) is 0 Å². The van der Waals surface area contributed by atoms with E-state index in [9.17, 15) is 9.59 Å². The van der Waals surface area contributed by atoms with Crippen LogP contribution in [-0.4, -0.2) is 37.9 Å². The zero-order valence-electron chi connectivity index (χ0n) is 15.3. The van der Waals surface area contributed by atoms with Gasteiger partial charge in [0.1, 0.15) is 12.3 Å². The van der Waals surface area contributed by atoms with Crippen LogP contribution in [0.15, 0.2) is 0 Å². The minimum absolute atomic E-state index is 0.0950. The van der Waals surface area contributed by atoms with Crippen LogP contribution in [0.3, 0.4) is 0 Å². The normalized spacial score (nSPS) is 12.2. The van der Waals surface area contributed by atoms with E-state index in [-0.39, 0.29) is 5.91 Å². The van der Waals surface area contributed by atoms with Gasteiger partial charge in [-0.1, -0.05) is 45.4 Å². The standard InChI is InChI=1S/C17H36N4O3/c1-3-4-5-6-7-8-9-12-15(22)21-14(16(23)24-2)11-10-13-20-17(18)19/h14,17,20H,3-13,18-19H2,1-2H3,(H,21,22). The maximum atomic E-state index is 12.0. The monoisotopic (exact) mass is 344 g/mol. The topological polar surface area (TPSA) is 119 Å². The zero-order chi connectivity index (χ0) is 18.2. The highest BCUT2D eigenvalue weighted by molar-refractivity contribution is 5.84. The Bertz CT molecular complexity index is 338. The number of nitrogens with two attached hydrogens (primary N) is 2. The van der Waals surface area contributed by atoms with E-state index in [0.717, 1.165) is 12.8 Å². The number of unbranched alkanes of at least 4 members (excludes halogenated alkanes) is 6. The molecule has 24 heavy (non-hydrogen) atoms. The average Bonchev–Trinajstić information content (AvgIpc) is 2.55. The van der Waals surface area contributed by atoms with Gasteiger partial charge in [0.2, 0.25) is 5.91 Å². The molecule has 0 spiro atoms. The van der Waals surface area contributed by atoms with Gasteiger partial charge in [0.25, 0.3) is 0 Å². The molecule has 0 radical (unpaired) electrons. The number of hydrogen-bond donors (Lipinski definition) is 4. The molecule has 6 N–H and O–H groups in total. The van der Waals surface area contributed by atoms with Gasteiger partial charge in [0.05, 0.1) is 7.11 Å². The molecule has 0 fully saturated rings. The zero-order valence-corrected chi connectivity index (χ0v) is 15.3. The molecule has 0 aliphatic rings. The first-order valence-electron chi connectivity index (χ1n) is 9.13. The first-order chi connectivity index (χ1) is 11.5. The van der Waals surface area contributed by atoms with Crippen molar-refractivity contribution in [1.29, 1.82) is 0 Å². The minimum Gasteiger partial charge on any atom is -0.467 e. The molecule has 0 aromatic heterocycles. The molecule has 142 valence electrons. The molecule has 1 amide bonds. The fourth-order valence-electron chi connectivity index (χ4n) is 2.48. The molecule has 0 aromatic carbocycles. The number of amides is 1. The lowest BCUT2D eigenvalue weighted by atomic mass is 10.1. The summed E-state index contributed by atoms with van der Waals surface area (Å²) in [5.41, 5.74) is 10.8. The second kappa shape index (κ2) is 15.4. The SMILES string of the molecule is CCCCCCCCCC(=O)NC(CCCNC(N)N)C(=O)OC. The van der Waals surface area contributed by atoms with Crippen LogP contribution in [0.25, 0.3) is 0 Å². The van der Waals surface area contributed by atoms with E-state index < -0.39 is 18.3 Å². The van der Waals surface area contributed by atoms with Gasteiger partial charge in [-0.3, -0.25) is 10.1 Å². The van der Waals surface area contributed by atoms with Crippen molar-refractivity contribution in [2.45, 2.75) is 83.5 Å². The molecule has 0 aliphatic heterocycles. The van der Waals surface area contributed by atoms with Crippen molar-refractivity contribution in [2.24, 2.45) is 11.5 Å². The lowest BCUT2D eigenvalue weighted by Gasteiger charge is -2.17. The lowest BCUT2D eigenvalue weighted by Crippen LogP contribution is -2.46. The smallest absolute Gasteiger partial charge is 0.328 e. The van der Waals surface area contributed by atoms with E-state index in [0.29, 0.717) is 25.8 Å². The summed E-state index contributed by atoms with van der Waals surface area (Å²) in [5, 5.41) is 5.63. The molecular formula is C17H36N4O3. The van der Waals surface area contributed by atoms with Crippen molar-refractivity contribution in [2.75, 3.05) is 13.7 Å². The number of ether oxygens (including phenoxy) is 1. The van der Waals surface area contributed by atoms with Gasteiger partial charge >= 0.3 is 5.97 Å². The highest BCUT2D eigenvalue weighted by atomic mass is 16.5. The van der Waals surface area contributed by atoms with Crippen LogP contribution in [0, 0.1) is 0 Å². The quantitative estimate of drug-likeness (QED) is 0.202. The Labute approximate surface area is 146 Å². The Hall–Kier alpha value is -1.18. The number of hydrogen-bond acceptors (Lipinski definition) is 6. The molecule has 7 heteroatoms. The van der Waals surface area contributed by atoms with E-state index in [1.807, 2.05) is 0 Å². The van der Waals surface area contributed by atoms with E-state index in [1.165, 1.54) is 39.2 Å². The van der Waals surface area contributed by atoms with Crippen molar-refractivity contribution in [1.82, 2.24) is 10.6 Å². The summed E-state index contributed by atoms with van der Waals surface area (Å²) in [4.78, 5) is 23.7. The number of methoxy groups -OCH3 is 1. The van der Waals surface area contributed by atoms with Crippen molar-refractivity contribution in [3.8, 4) is 0 Å². The highest BCUT2D eigenvalue weighted by Gasteiger charge is 2.20. The third-order valence-electron chi connectivity index (χ3n) is 3.88. The molecule has 0 saturated heterocycles. The van der Waals surface area contributed by atoms with E-state index >= 15 is 0 Å². The van der Waals surface area contributed by atoms with Crippen LogP contribution in [-0.2, 0) is 14.3 Å². The summed E-state index contributed by atoms with van der Waals surface area (Å²) < 4.78 is 4.75. The average molecular weight is 345 g/mol. The summed E-state index contributed by atoms with van der Waals surface area (Å²) in [6.45, 7) is 2.78. The second-order valence-electron chi connectivity index (χ2n) is 6.14. The van der Waals surface area contributed by atoms with Crippen LogP contribution < -0.4 is 22.1 Å². The maximum absolute atomic E-state index is 12.0. The van der Waals surface area contributed by atoms with Crippen molar-refractivity contribution < 1.29 is 14.3 Å². The largest absolute Gasteiger partial charge is 0.467 e. The fourth-order valence-corrected chi connectivity index (χ4v) is 2.48. The van der Waals surface area contributed by atoms with Crippen molar-refractivity contribution in [3.05, 3.63) is 0 Å². The summed E-state index contributed by atoms with van der Waals surface area (Å²) in [7, 11) is 1.33. The Balaban J connectivity index is 3.92. The molecule has 0 saturated carbocycles. The maximum Gasteiger partial charge on any atom is 0.328 e. The third kappa shape index (κ3) is 13.3. The van der Waals surface area contributed by atoms with Crippen LogP contribution in [0.1, 0.15) is 71.1 Å². The summed E-state index contributed by atoms with van der Waals surface area (Å²) in [6.07, 6.45) is 9.14. The molecule has 0 aromatic rings. The Kier molecular flexibility index (Phi) is 14.6. The molecule has 7 nitrogen and oxygen atoms in total. The van der Waals surface area contributed by atoms with E-state index in [4.69, 9.17) is 16.2 Å². The summed E-state index contributed by atoms with van der Waals surface area (Å²) >= 11 is 0. The molecule has 0 rings (SSSR count). The van der Waals surface area contributed by atoms with Gasteiger partial charge in [0, 0.05) is 6.42 Å². The third-order valence-corrected chi connectivity index (χ3v) is 3.88. The number of rotatable bonds is 15. The van der Waals surface area contributed by atoms with Gasteiger partial charge in [-0.15, -0.1) is 0 Å². The van der Waals surface area contributed by atoms with Gasteiger partial charge in [0.15, 0.2) is 0 Å². The fraction of sp³-hybridized carbons (Fsp3) is 0.882. The van der Waals surface area contributed by atoms with E-state index in [2.05, 4.69) is 17.6 Å². The number of nitrogens with one attached hydrogen (secondary N) is 2. The van der Waals surface area contributed by atoms with Gasteiger partial charge in [-0.2, -0.15) is 0 Å². The first-order valence-corrected chi connectivity index (χ1v) is 9.13. The summed E-state index contributed by atoms with van der Waals surface area (Å²) in [6, 6.07) is -0.608. The molecule has 0 heterocycles. The lowest BCUT2D eigenvalue weighted by molar-refractivity contribution is -0.145. The van der Waals surface area contributed by atoms with Crippen LogP contribution in [0.2, 0.25) is 0 Å². The minimum atomic E-state index is -0.608. The van der Waals surface area contributed by atoms with Crippen LogP contribution >= 0.6 is 0 Å². The van der Waals surface area contributed by atoms with E-state index in [1.54, 1.807) is 0 Å². The molecule has 1 unspecified atom stereocenters. The van der Waals surface area contributed by atoms with Gasteiger partial charge in [-0.25, -0.2) is 4.79 Å². The van der Waals surface area contributed by atoms with Gasteiger partial charge in [-0.05, 0) is 25.8 Å². The number of esters is 1.